The highest BCUT2D eigenvalue weighted by molar-refractivity contribution is 5.73. The molecule has 4 heteroatoms. The summed E-state index contributed by atoms with van der Waals surface area (Å²) in [6.07, 6.45) is 4.50. The SMILES string of the molecule is CC(C)Cc1nc2cccnc2n1-c1ccccn1. The maximum absolute atomic E-state index is 4.69. The smallest absolute Gasteiger partial charge is 0.165 e. The van der Waals surface area contributed by atoms with Crippen LogP contribution in [-0.4, -0.2) is 19.5 Å². The lowest BCUT2D eigenvalue weighted by atomic mass is 10.1. The molecular formula is C15H16N4. The summed E-state index contributed by atoms with van der Waals surface area (Å²) in [4.78, 5) is 13.6. The molecule has 0 amide bonds. The van der Waals surface area contributed by atoms with Crippen molar-refractivity contribution in [1.82, 2.24) is 19.5 Å². The van der Waals surface area contributed by atoms with Crippen LogP contribution in [0.1, 0.15) is 19.7 Å². The molecule has 3 aromatic rings. The molecule has 0 radical (unpaired) electrons. The van der Waals surface area contributed by atoms with Gasteiger partial charge in [-0.2, -0.15) is 0 Å². The van der Waals surface area contributed by atoms with Gasteiger partial charge >= 0.3 is 0 Å². The van der Waals surface area contributed by atoms with Gasteiger partial charge in [0.05, 0.1) is 0 Å². The zero-order valence-electron chi connectivity index (χ0n) is 11.1. The zero-order chi connectivity index (χ0) is 13.2. The second-order valence-corrected chi connectivity index (χ2v) is 5.00. The molecule has 0 atom stereocenters. The van der Waals surface area contributed by atoms with E-state index in [0.717, 1.165) is 29.2 Å². The average molecular weight is 252 g/mol. The summed E-state index contributed by atoms with van der Waals surface area (Å²) >= 11 is 0. The fraction of sp³-hybridized carbons (Fsp3) is 0.267. The highest BCUT2D eigenvalue weighted by Gasteiger charge is 2.14. The molecule has 0 aliphatic carbocycles. The second kappa shape index (κ2) is 4.80. The lowest BCUT2D eigenvalue weighted by Crippen LogP contribution is -2.06. The van der Waals surface area contributed by atoms with Crippen molar-refractivity contribution in [2.75, 3.05) is 0 Å². The van der Waals surface area contributed by atoms with Crippen molar-refractivity contribution in [3.63, 3.8) is 0 Å². The molecule has 3 rings (SSSR count). The Kier molecular flexibility index (Phi) is 2.99. The minimum atomic E-state index is 0.541. The maximum atomic E-state index is 4.69. The molecule has 0 saturated carbocycles. The molecular weight excluding hydrogens is 236 g/mol. The van der Waals surface area contributed by atoms with E-state index < -0.39 is 0 Å². The number of aromatic nitrogens is 4. The third-order valence-corrected chi connectivity index (χ3v) is 2.95. The van der Waals surface area contributed by atoms with Gasteiger partial charge in [-0.25, -0.2) is 15.0 Å². The Hall–Kier alpha value is -2.23. The molecule has 0 spiro atoms. The largest absolute Gasteiger partial charge is 0.264 e. The van der Waals surface area contributed by atoms with E-state index in [1.165, 1.54) is 0 Å². The van der Waals surface area contributed by atoms with Gasteiger partial charge in [-0.3, -0.25) is 4.57 Å². The monoisotopic (exact) mass is 252 g/mol. The van der Waals surface area contributed by atoms with Crippen LogP contribution in [0.5, 0.6) is 0 Å². The Balaban J connectivity index is 2.24. The number of hydrogen-bond donors (Lipinski definition) is 0. The molecule has 96 valence electrons. The molecule has 0 bridgehead atoms. The van der Waals surface area contributed by atoms with Crippen LogP contribution in [0.2, 0.25) is 0 Å². The maximum Gasteiger partial charge on any atom is 0.165 e. The van der Waals surface area contributed by atoms with E-state index in [1.807, 2.05) is 30.3 Å². The van der Waals surface area contributed by atoms with Gasteiger partial charge in [-0.15, -0.1) is 0 Å². The summed E-state index contributed by atoms with van der Waals surface area (Å²) in [6.45, 7) is 4.38. The normalized spacial score (nSPS) is 11.3. The zero-order valence-corrected chi connectivity index (χ0v) is 11.1. The first-order valence-electron chi connectivity index (χ1n) is 6.49. The summed E-state index contributed by atoms with van der Waals surface area (Å²) in [7, 11) is 0. The standard InChI is InChI=1S/C15H16N4/c1-11(2)10-14-18-12-6-5-9-17-15(12)19(14)13-7-3-4-8-16-13/h3-9,11H,10H2,1-2H3. The van der Waals surface area contributed by atoms with Crippen LogP contribution < -0.4 is 0 Å². The first kappa shape index (κ1) is 11.8. The van der Waals surface area contributed by atoms with E-state index in [0.29, 0.717) is 5.92 Å². The summed E-state index contributed by atoms with van der Waals surface area (Å²) in [5.41, 5.74) is 1.79. The van der Waals surface area contributed by atoms with Crippen molar-refractivity contribution in [2.24, 2.45) is 5.92 Å². The van der Waals surface area contributed by atoms with E-state index >= 15 is 0 Å². The topological polar surface area (TPSA) is 43.6 Å². The Morgan fingerprint density at radius 3 is 2.63 bits per heavy atom. The van der Waals surface area contributed by atoms with Crippen molar-refractivity contribution in [3.8, 4) is 5.82 Å². The lowest BCUT2D eigenvalue weighted by molar-refractivity contribution is 0.614. The van der Waals surface area contributed by atoms with Crippen molar-refractivity contribution < 1.29 is 0 Å². The minimum Gasteiger partial charge on any atom is -0.264 e. The van der Waals surface area contributed by atoms with Gasteiger partial charge in [0.25, 0.3) is 0 Å². The summed E-state index contributed by atoms with van der Waals surface area (Å²) in [5, 5.41) is 0. The quantitative estimate of drug-likeness (QED) is 0.719. The Morgan fingerprint density at radius 2 is 1.89 bits per heavy atom. The van der Waals surface area contributed by atoms with Gasteiger partial charge < -0.3 is 0 Å². The lowest BCUT2D eigenvalue weighted by Gasteiger charge is -2.08. The van der Waals surface area contributed by atoms with E-state index in [1.54, 1.807) is 12.4 Å². The minimum absolute atomic E-state index is 0.541. The molecule has 0 aliphatic rings. The molecule has 0 aliphatic heterocycles. The molecule has 0 unspecified atom stereocenters. The molecule has 0 N–H and O–H groups in total. The first-order chi connectivity index (χ1) is 9.25. The van der Waals surface area contributed by atoms with Gasteiger partial charge in [-0.1, -0.05) is 19.9 Å². The van der Waals surface area contributed by atoms with Gasteiger partial charge in [0, 0.05) is 18.8 Å². The van der Waals surface area contributed by atoms with Crippen molar-refractivity contribution in [2.45, 2.75) is 20.3 Å². The van der Waals surface area contributed by atoms with E-state index in [-0.39, 0.29) is 0 Å². The van der Waals surface area contributed by atoms with Crippen molar-refractivity contribution in [3.05, 3.63) is 48.5 Å². The van der Waals surface area contributed by atoms with Crippen LogP contribution >= 0.6 is 0 Å². The highest BCUT2D eigenvalue weighted by Crippen LogP contribution is 2.20. The Labute approximate surface area is 112 Å². The molecule has 0 saturated heterocycles. The molecule has 3 aromatic heterocycles. The molecule has 0 aromatic carbocycles. The fourth-order valence-corrected chi connectivity index (χ4v) is 2.19. The van der Waals surface area contributed by atoms with Crippen molar-refractivity contribution >= 4 is 11.2 Å². The Morgan fingerprint density at radius 1 is 1.05 bits per heavy atom. The van der Waals surface area contributed by atoms with Crippen LogP contribution in [0.4, 0.5) is 0 Å². The number of imidazole rings is 1. The van der Waals surface area contributed by atoms with Crippen molar-refractivity contribution in [1.29, 1.82) is 0 Å². The van der Waals surface area contributed by atoms with Crippen LogP contribution in [-0.2, 0) is 6.42 Å². The molecule has 3 heterocycles. The fourth-order valence-electron chi connectivity index (χ4n) is 2.19. The van der Waals surface area contributed by atoms with Crippen LogP contribution in [0.25, 0.3) is 17.0 Å². The molecule has 19 heavy (non-hydrogen) atoms. The van der Waals surface area contributed by atoms with E-state index in [2.05, 4.69) is 33.4 Å². The Bertz CT molecular complexity index is 686. The van der Waals surface area contributed by atoms with Gasteiger partial charge in [0.1, 0.15) is 17.2 Å². The third kappa shape index (κ3) is 2.21. The molecule has 0 fully saturated rings. The van der Waals surface area contributed by atoms with Gasteiger partial charge in [0.2, 0.25) is 0 Å². The summed E-state index contributed by atoms with van der Waals surface area (Å²) in [5.74, 6) is 2.43. The second-order valence-electron chi connectivity index (χ2n) is 5.00. The number of fused-ring (bicyclic) bond motifs is 1. The predicted octanol–water partition coefficient (Wildman–Crippen LogP) is 3.01. The average Bonchev–Trinajstić information content (AvgIpc) is 2.76. The van der Waals surface area contributed by atoms with Crippen LogP contribution in [0.3, 0.4) is 0 Å². The highest BCUT2D eigenvalue weighted by atomic mass is 15.2. The predicted molar refractivity (Wildman–Crippen MR) is 75.2 cm³/mol. The van der Waals surface area contributed by atoms with Gasteiger partial charge in [-0.05, 0) is 30.2 Å². The summed E-state index contributed by atoms with van der Waals surface area (Å²) < 4.78 is 2.05. The number of rotatable bonds is 3. The summed E-state index contributed by atoms with van der Waals surface area (Å²) in [6, 6.07) is 9.79. The van der Waals surface area contributed by atoms with Gasteiger partial charge in [0.15, 0.2) is 5.65 Å². The number of nitrogens with zero attached hydrogens (tertiary/aromatic N) is 4. The van der Waals surface area contributed by atoms with Crippen LogP contribution in [0.15, 0.2) is 42.7 Å². The van der Waals surface area contributed by atoms with E-state index in [9.17, 15) is 0 Å². The van der Waals surface area contributed by atoms with Crippen LogP contribution in [0, 0.1) is 5.92 Å². The first-order valence-corrected chi connectivity index (χ1v) is 6.49. The third-order valence-electron chi connectivity index (χ3n) is 2.95. The molecule has 4 nitrogen and oxygen atoms in total. The number of pyridine rings is 2. The van der Waals surface area contributed by atoms with E-state index in [4.69, 9.17) is 0 Å². The number of hydrogen-bond acceptors (Lipinski definition) is 3.